The first-order chi connectivity index (χ1) is 9.72. The third kappa shape index (κ3) is 4.53. The fraction of sp³-hybridized carbons (Fsp3) is 0.562. The summed E-state index contributed by atoms with van der Waals surface area (Å²) in [6.45, 7) is 4.63. The summed E-state index contributed by atoms with van der Waals surface area (Å²) in [5.74, 6) is 0.572. The molecule has 20 heavy (non-hydrogen) atoms. The number of nitrogens with one attached hydrogen (secondary N) is 1. The second-order valence-electron chi connectivity index (χ2n) is 5.06. The zero-order valence-corrected chi connectivity index (χ0v) is 12.2. The molecule has 4 heteroatoms. The molecule has 0 bridgehead atoms. The Morgan fingerprint density at radius 3 is 2.85 bits per heavy atom. The normalized spacial score (nSPS) is 15.7. The molecule has 0 aromatic heterocycles. The van der Waals surface area contributed by atoms with Gasteiger partial charge in [-0.3, -0.25) is 10.1 Å². The highest BCUT2D eigenvalue weighted by Gasteiger charge is 2.29. The molecular formula is C16H23NO3. The molecule has 0 spiro atoms. The van der Waals surface area contributed by atoms with Crippen LogP contribution in [0.25, 0.3) is 0 Å². The third-order valence-corrected chi connectivity index (χ3v) is 3.31. The van der Waals surface area contributed by atoms with Gasteiger partial charge in [0.1, 0.15) is 18.4 Å². The van der Waals surface area contributed by atoms with Gasteiger partial charge in [0.05, 0.1) is 6.61 Å². The van der Waals surface area contributed by atoms with Crippen LogP contribution in [0.2, 0.25) is 0 Å². The summed E-state index contributed by atoms with van der Waals surface area (Å²) in [6, 6.07) is 8.03. The molecule has 1 atom stereocenters. The van der Waals surface area contributed by atoms with E-state index in [0.29, 0.717) is 19.3 Å². The largest absolute Gasteiger partial charge is 0.491 e. The van der Waals surface area contributed by atoms with Gasteiger partial charge in [0, 0.05) is 6.04 Å². The maximum absolute atomic E-state index is 11.9. The molecule has 0 aliphatic heterocycles. The average Bonchev–Trinajstić information content (AvgIpc) is 3.28. The van der Waals surface area contributed by atoms with E-state index >= 15 is 0 Å². The molecule has 1 fully saturated rings. The maximum atomic E-state index is 11.9. The fourth-order valence-electron chi connectivity index (χ4n) is 2.00. The van der Waals surface area contributed by atoms with E-state index in [1.165, 1.54) is 5.56 Å². The monoisotopic (exact) mass is 277 g/mol. The van der Waals surface area contributed by atoms with Crippen molar-refractivity contribution in [1.29, 1.82) is 0 Å². The van der Waals surface area contributed by atoms with E-state index in [1.807, 2.05) is 25.1 Å². The summed E-state index contributed by atoms with van der Waals surface area (Å²) in [4.78, 5) is 11.9. The van der Waals surface area contributed by atoms with E-state index in [0.717, 1.165) is 25.0 Å². The number of hydrogen-bond donors (Lipinski definition) is 1. The van der Waals surface area contributed by atoms with Gasteiger partial charge in [0.25, 0.3) is 0 Å². The Kier molecular flexibility index (Phi) is 5.41. The Morgan fingerprint density at radius 2 is 2.20 bits per heavy atom. The number of esters is 1. The topological polar surface area (TPSA) is 47.6 Å². The zero-order valence-electron chi connectivity index (χ0n) is 12.2. The van der Waals surface area contributed by atoms with Crippen molar-refractivity contribution in [3.05, 3.63) is 29.8 Å². The van der Waals surface area contributed by atoms with Crippen molar-refractivity contribution < 1.29 is 14.3 Å². The second kappa shape index (κ2) is 7.29. The summed E-state index contributed by atoms with van der Waals surface area (Å²) in [7, 11) is 0. The van der Waals surface area contributed by atoms with Crippen molar-refractivity contribution >= 4 is 5.97 Å². The molecule has 1 unspecified atom stereocenters. The molecule has 2 rings (SSSR count). The van der Waals surface area contributed by atoms with Crippen LogP contribution in [0, 0.1) is 0 Å². The van der Waals surface area contributed by atoms with E-state index < -0.39 is 0 Å². The predicted molar refractivity (Wildman–Crippen MR) is 77.9 cm³/mol. The minimum Gasteiger partial charge on any atom is -0.491 e. The van der Waals surface area contributed by atoms with E-state index in [9.17, 15) is 4.79 Å². The SMILES string of the molecule is CCOC(=O)C(COc1cccc(CC)c1)NC1CC1. The molecule has 1 N–H and O–H groups in total. The quantitative estimate of drug-likeness (QED) is 0.741. The van der Waals surface area contributed by atoms with Crippen molar-refractivity contribution in [3.8, 4) is 5.75 Å². The Hall–Kier alpha value is -1.55. The molecule has 0 radical (unpaired) electrons. The fourth-order valence-corrected chi connectivity index (χ4v) is 2.00. The third-order valence-electron chi connectivity index (χ3n) is 3.31. The summed E-state index contributed by atoms with van der Waals surface area (Å²) >= 11 is 0. The van der Waals surface area contributed by atoms with Crippen molar-refractivity contribution in [2.45, 2.75) is 45.2 Å². The summed E-state index contributed by atoms with van der Waals surface area (Å²) in [5.41, 5.74) is 1.23. The number of benzene rings is 1. The molecule has 0 saturated heterocycles. The van der Waals surface area contributed by atoms with E-state index in [2.05, 4.69) is 18.3 Å². The van der Waals surface area contributed by atoms with Crippen LogP contribution < -0.4 is 10.1 Å². The average molecular weight is 277 g/mol. The number of carbonyl (C=O) groups excluding carboxylic acids is 1. The summed E-state index contributed by atoms with van der Waals surface area (Å²) in [5, 5.41) is 3.27. The van der Waals surface area contributed by atoms with Gasteiger partial charge < -0.3 is 9.47 Å². The van der Waals surface area contributed by atoms with Crippen molar-refractivity contribution in [1.82, 2.24) is 5.32 Å². The van der Waals surface area contributed by atoms with E-state index in [1.54, 1.807) is 0 Å². The van der Waals surface area contributed by atoms with Crippen molar-refractivity contribution in [2.24, 2.45) is 0 Å². The maximum Gasteiger partial charge on any atom is 0.326 e. The molecule has 1 aliphatic carbocycles. The molecule has 1 saturated carbocycles. The van der Waals surface area contributed by atoms with Gasteiger partial charge in [-0.2, -0.15) is 0 Å². The number of rotatable bonds is 8. The van der Waals surface area contributed by atoms with Gasteiger partial charge in [0.2, 0.25) is 0 Å². The zero-order chi connectivity index (χ0) is 14.4. The minimum atomic E-state index is -0.382. The van der Waals surface area contributed by atoms with Crippen LogP contribution in [0.4, 0.5) is 0 Å². The smallest absolute Gasteiger partial charge is 0.326 e. The molecule has 110 valence electrons. The molecule has 1 aromatic rings. The first-order valence-corrected chi connectivity index (χ1v) is 7.37. The number of ether oxygens (including phenoxy) is 2. The van der Waals surface area contributed by atoms with Gasteiger partial charge >= 0.3 is 5.97 Å². The molecule has 0 heterocycles. The Labute approximate surface area is 120 Å². The van der Waals surface area contributed by atoms with Crippen LogP contribution in [-0.2, 0) is 16.0 Å². The molecule has 0 amide bonds. The van der Waals surface area contributed by atoms with E-state index in [-0.39, 0.29) is 12.0 Å². The lowest BCUT2D eigenvalue weighted by Gasteiger charge is -2.18. The van der Waals surface area contributed by atoms with Crippen LogP contribution in [0.15, 0.2) is 24.3 Å². The predicted octanol–water partition coefficient (Wildman–Crippen LogP) is 2.31. The molecule has 1 aromatic carbocycles. The number of hydrogen-bond acceptors (Lipinski definition) is 4. The standard InChI is InChI=1S/C16H23NO3/c1-3-12-6-5-7-14(10-12)20-11-15(16(18)19-4-2)17-13-8-9-13/h5-7,10,13,15,17H,3-4,8-9,11H2,1-2H3. The lowest BCUT2D eigenvalue weighted by molar-refractivity contribution is -0.146. The van der Waals surface area contributed by atoms with Crippen LogP contribution in [-0.4, -0.2) is 31.3 Å². The Bertz CT molecular complexity index is 443. The minimum absolute atomic E-state index is 0.231. The highest BCUT2D eigenvalue weighted by atomic mass is 16.5. The van der Waals surface area contributed by atoms with Crippen LogP contribution in [0.5, 0.6) is 5.75 Å². The number of carbonyl (C=O) groups is 1. The van der Waals surface area contributed by atoms with Gasteiger partial charge in [-0.05, 0) is 43.9 Å². The Morgan fingerprint density at radius 1 is 1.40 bits per heavy atom. The van der Waals surface area contributed by atoms with Gasteiger partial charge in [0.15, 0.2) is 0 Å². The van der Waals surface area contributed by atoms with Gasteiger partial charge in [-0.25, -0.2) is 0 Å². The highest BCUT2D eigenvalue weighted by molar-refractivity contribution is 5.76. The van der Waals surface area contributed by atoms with Crippen LogP contribution >= 0.6 is 0 Å². The second-order valence-corrected chi connectivity index (χ2v) is 5.06. The van der Waals surface area contributed by atoms with E-state index in [4.69, 9.17) is 9.47 Å². The Balaban J connectivity index is 1.90. The molecule has 4 nitrogen and oxygen atoms in total. The highest BCUT2D eigenvalue weighted by Crippen LogP contribution is 2.20. The van der Waals surface area contributed by atoms with Crippen molar-refractivity contribution in [2.75, 3.05) is 13.2 Å². The summed E-state index contributed by atoms with van der Waals surface area (Å²) in [6.07, 6.45) is 3.22. The lowest BCUT2D eigenvalue weighted by Crippen LogP contribution is -2.43. The number of aryl methyl sites for hydroxylation is 1. The van der Waals surface area contributed by atoms with Crippen LogP contribution in [0.1, 0.15) is 32.3 Å². The summed E-state index contributed by atoms with van der Waals surface area (Å²) < 4.78 is 10.8. The molecular weight excluding hydrogens is 254 g/mol. The van der Waals surface area contributed by atoms with Crippen molar-refractivity contribution in [3.63, 3.8) is 0 Å². The first kappa shape index (κ1) is 14.9. The first-order valence-electron chi connectivity index (χ1n) is 7.37. The van der Waals surface area contributed by atoms with Gasteiger partial charge in [-0.1, -0.05) is 19.1 Å². The van der Waals surface area contributed by atoms with Crippen LogP contribution in [0.3, 0.4) is 0 Å². The lowest BCUT2D eigenvalue weighted by atomic mass is 10.2. The van der Waals surface area contributed by atoms with Gasteiger partial charge in [-0.15, -0.1) is 0 Å². The molecule has 1 aliphatic rings.